The van der Waals surface area contributed by atoms with Crippen LogP contribution in [0.5, 0.6) is 5.75 Å². The quantitative estimate of drug-likeness (QED) is 0.185. The predicted octanol–water partition coefficient (Wildman–Crippen LogP) is 6.95. The first kappa shape index (κ1) is 22.4. The number of hydrogen-bond acceptors (Lipinski definition) is 5. The third kappa shape index (κ3) is 4.55. The third-order valence-corrected chi connectivity index (χ3v) is 5.10. The molecule has 0 aliphatic heterocycles. The summed E-state index contributed by atoms with van der Waals surface area (Å²) in [5, 5.41) is 1.11. The molecular formula is C25H19F3O5. The molecule has 0 aliphatic rings. The fourth-order valence-corrected chi connectivity index (χ4v) is 3.55. The second kappa shape index (κ2) is 8.97. The van der Waals surface area contributed by atoms with Crippen LogP contribution in [0.2, 0.25) is 0 Å². The van der Waals surface area contributed by atoms with Crippen LogP contribution in [0.15, 0.2) is 69.9 Å². The molecule has 8 heteroatoms. The van der Waals surface area contributed by atoms with E-state index in [-0.39, 0.29) is 28.9 Å². The van der Waals surface area contributed by atoms with Crippen molar-refractivity contribution in [2.24, 2.45) is 0 Å². The van der Waals surface area contributed by atoms with Gasteiger partial charge in [0.2, 0.25) is 11.2 Å². The van der Waals surface area contributed by atoms with Gasteiger partial charge in [-0.3, -0.25) is 4.79 Å². The summed E-state index contributed by atoms with van der Waals surface area (Å²) in [5.41, 5.74) is -1.64. The molecule has 33 heavy (non-hydrogen) atoms. The number of halogens is 3. The minimum absolute atomic E-state index is 0.0716. The molecule has 4 aromatic rings. The number of carbonyl (C=O) groups excluding carboxylic acids is 1. The third-order valence-electron chi connectivity index (χ3n) is 5.10. The minimum atomic E-state index is -4.93. The van der Waals surface area contributed by atoms with Crippen LogP contribution in [0.1, 0.15) is 25.5 Å². The van der Waals surface area contributed by atoms with Gasteiger partial charge in [-0.15, -0.1) is 0 Å². The van der Waals surface area contributed by atoms with Crippen molar-refractivity contribution >= 4 is 27.9 Å². The highest BCUT2D eigenvalue weighted by Crippen LogP contribution is 2.39. The van der Waals surface area contributed by atoms with Crippen LogP contribution in [0.25, 0.3) is 32.9 Å². The first-order chi connectivity index (χ1) is 15.8. The molecule has 0 spiro atoms. The molecule has 5 nitrogen and oxygen atoms in total. The highest BCUT2D eigenvalue weighted by atomic mass is 19.4. The standard InChI is InChI=1S/C25H19F3O5/c1-2-3-13-31-24(30)32-16-11-12-19-20(14-16)33-23(25(26,27)28)21(22(19)29)18-10-6-8-15-7-4-5-9-17(15)18/h4-12,14H,2-3,13H2,1H3. The van der Waals surface area contributed by atoms with Crippen LogP contribution in [0.4, 0.5) is 18.0 Å². The van der Waals surface area contributed by atoms with Gasteiger partial charge >= 0.3 is 12.3 Å². The van der Waals surface area contributed by atoms with Crippen molar-refractivity contribution in [3.05, 3.63) is 76.6 Å². The van der Waals surface area contributed by atoms with Crippen molar-refractivity contribution in [1.29, 1.82) is 0 Å². The Morgan fingerprint density at radius 1 is 1.00 bits per heavy atom. The SMILES string of the molecule is CCCCOC(=O)Oc1ccc2c(=O)c(-c3cccc4ccccc34)c(C(F)(F)F)oc2c1. The van der Waals surface area contributed by atoms with Gasteiger partial charge in [0.15, 0.2) is 0 Å². The van der Waals surface area contributed by atoms with Gasteiger partial charge < -0.3 is 13.9 Å². The Morgan fingerprint density at radius 2 is 1.76 bits per heavy atom. The normalized spacial score (nSPS) is 11.6. The molecule has 0 saturated carbocycles. The Labute approximate surface area is 186 Å². The number of alkyl halides is 3. The molecule has 0 radical (unpaired) electrons. The number of benzene rings is 3. The van der Waals surface area contributed by atoms with Crippen molar-refractivity contribution in [1.82, 2.24) is 0 Å². The highest BCUT2D eigenvalue weighted by molar-refractivity contribution is 5.98. The fourth-order valence-electron chi connectivity index (χ4n) is 3.55. The molecule has 0 aliphatic carbocycles. The number of carbonyl (C=O) groups is 1. The fraction of sp³-hybridized carbons (Fsp3) is 0.200. The van der Waals surface area contributed by atoms with E-state index in [1.54, 1.807) is 36.4 Å². The Hall–Kier alpha value is -3.81. The van der Waals surface area contributed by atoms with Crippen molar-refractivity contribution in [2.75, 3.05) is 6.61 Å². The average Bonchev–Trinajstić information content (AvgIpc) is 2.78. The summed E-state index contributed by atoms with van der Waals surface area (Å²) < 4.78 is 57.1. The zero-order valence-electron chi connectivity index (χ0n) is 17.6. The van der Waals surface area contributed by atoms with E-state index in [9.17, 15) is 22.8 Å². The van der Waals surface area contributed by atoms with Crippen molar-refractivity contribution < 1.29 is 31.9 Å². The lowest BCUT2D eigenvalue weighted by Crippen LogP contribution is -2.16. The molecular weight excluding hydrogens is 437 g/mol. The Bertz CT molecular complexity index is 1380. The van der Waals surface area contributed by atoms with Gasteiger partial charge in [0, 0.05) is 6.07 Å². The minimum Gasteiger partial charge on any atom is -0.450 e. The summed E-state index contributed by atoms with van der Waals surface area (Å²) in [6.45, 7) is 2.08. The van der Waals surface area contributed by atoms with E-state index < -0.39 is 29.1 Å². The predicted molar refractivity (Wildman–Crippen MR) is 117 cm³/mol. The molecule has 0 atom stereocenters. The first-order valence-electron chi connectivity index (χ1n) is 10.3. The lowest BCUT2D eigenvalue weighted by atomic mass is 9.96. The van der Waals surface area contributed by atoms with Crippen LogP contribution in [0, 0.1) is 0 Å². The van der Waals surface area contributed by atoms with Gasteiger partial charge in [-0.25, -0.2) is 4.79 Å². The van der Waals surface area contributed by atoms with Crippen molar-refractivity contribution in [2.45, 2.75) is 25.9 Å². The van der Waals surface area contributed by atoms with Crippen LogP contribution in [0.3, 0.4) is 0 Å². The number of hydrogen-bond donors (Lipinski definition) is 0. The zero-order chi connectivity index (χ0) is 23.6. The van der Waals surface area contributed by atoms with Crippen molar-refractivity contribution in [3.63, 3.8) is 0 Å². The summed E-state index contributed by atoms with van der Waals surface area (Å²) in [7, 11) is 0. The van der Waals surface area contributed by atoms with Gasteiger partial charge in [-0.2, -0.15) is 13.2 Å². The number of rotatable bonds is 5. The van der Waals surface area contributed by atoms with E-state index in [4.69, 9.17) is 13.9 Å². The molecule has 0 saturated heterocycles. The van der Waals surface area contributed by atoms with E-state index in [1.165, 1.54) is 18.2 Å². The summed E-state index contributed by atoms with van der Waals surface area (Å²) in [6.07, 6.45) is -4.47. The molecule has 0 amide bonds. The Morgan fingerprint density at radius 3 is 2.52 bits per heavy atom. The number of ether oxygens (including phenoxy) is 2. The van der Waals surface area contributed by atoms with Gasteiger partial charge in [-0.1, -0.05) is 55.8 Å². The van der Waals surface area contributed by atoms with Crippen LogP contribution >= 0.6 is 0 Å². The summed E-state index contributed by atoms with van der Waals surface area (Å²) >= 11 is 0. The lowest BCUT2D eigenvalue weighted by molar-refractivity contribution is -0.152. The molecule has 170 valence electrons. The van der Waals surface area contributed by atoms with E-state index >= 15 is 0 Å². The number of fused-ring (bicyclic) bond motifs is 2. The monoisotopic (exact) mass is 456 g/mol. The molecule has 0 fully saturated rings. The molecule has 0 bridgehead atoms. The molecule has 4 rings (SSSR count). The molecule has 3 aromatic carbocycles. The smallest absolute Gasteiger partial charge is 0.450 e. The van der Waals surface area contributed by atoms with E-state index in [1.807, 2.05) is 6.92 Å². The largest absolute Gasteiger partial charge is 0.513 e. The molecule has 1 heterocycles. The summed E-state index contributed by atoms with van der Waals surface area (Å²) in [4.78, 5) is 25.0. The molecule has 1 aromatic heterocycles. The van der Waals surface area contributed by atoms with Gasteiger partial charge in [0.05, 0.1) is 17.6 Å². The number of unbranched alkanes of at least 4 members (excludes halogenated alkanes) is 1. The lowest BCUT2D eigenvalue weighted by Gasteiger charge is -2.14. The second-order valence-electron chi connectivity index (χ2n) is 7.37. The van der Waals surface area contributed by atoms with E-state index in [0.717, 1.165) is 12.5 Å². The maximum Gasteiger partial charge on any atom is 0.513 e. The van der Waals surface area contributed by atoms with Crippen LogP contribution in [-0.2, 0) is 10.9 Å². The molecule has 0 N–H and O–H groups in total. The van der Waals surface area contributed by atoms with Gasteiger partial charge in [-0.05, 0) is 34.9 Å². The van der Waals surface area contributed by atoms with Crippen molar-refractivity contribution in [3.8, 4) is 16.9 Å². The van der Waals surface area contributed by atoms with E-state index in [0.29, 0.717) is 17.2 Å². The summed E-state index contributed by atoms with van der Waals surface area (Å²) in [6, 6.07) is 15.3. The maximum atomic E-state index is 14.0. The maximum absolute atomic E-state index is 14.0. The van der Waals surface area contributed by atoms with Crippen LogP contribution in [-0.4, -0.2) is 12.8 Å². The summed E-state index contributed by atoms with van der Waals surface area (Å²) in [5.74, 6) is -1.52. The molecule has 0 unspecified atom stereocenters. The van der Waals surface area contributed by atoms with Crippen LogP contribution < -0.4 is 10.2 Å². The first-order valence-corrected chi connectivity index (χ1v) is 10.3. The highest BCUT2D eigenvalue weighted by Gasteiger charge is 2.39. The van der Waals surface area contributed by atoms with E-state index in [2.05, 4.69) is 0 Å². The Balaban J connectivity index is 1.86. The van der Waals surface area contributed by atoms with Gasteiger partial charge in [0.1, 0.15) is 11.3 Å². The second-order valence-corrected chi connectivity index (χ2v) is 7.37. The zero-order valence-corrected chi connectivity index (χ0v) is 17.6. The average molecular weight is 456 g/mol. The Kier molecular flexibility index (Phi) is 6.09. The van der Waals surface area contributed by atoms with Gasteiger partial charge in [0.25, 0.3) is 0 Å². The topological polar surface area (TPSA) is 65.7 Å².